The van der Waals surface area contributed by atoms with Crippen LogP contribution >= 0.6 is 22.9 Å². The highest BCUT2D eigenvalue weighted by Crippen LogP contribution is 2.45. The van der Waals surface area contributed by atoms with Gasteiger partial charge in [0.05, 0.1) is 15.8 Å². The average molecular weight is 500 g/mol. The Morgan fingerprint density at radius 2 is 1.91 bits per heavy atom. The van der Waals surface area contributed by atoms with E-state index >= 15 is 0 Å². The molecule has 2 aliphatic rings. The van der Waals surface area contributed by atoms with Gasteiger partial charge in [0.15, 0.2) is 0 Å². The van der Waals surface area contributed by atoms with Crippen LogP contribution in [0.2, 0.25) is 5.15 Å². The average Bonchev–Trinajstić information content (AvgIpc) is 3.38. The minimum Gasteiger partial charge on any atom is -0.396 e. The highest BCUT2D eigenvalue weighted by molar-refractivity contribution is 7.21. The Balaban J connectivity index is 1.50. The van der Waals surface area contributed by atoms with E-state index in [1.54, 1.807) is 11.3 Å². The zero-order chi connectivity index (χ0) is 23.7. The monoisotopic (exact) mass is 499 g/mol. The lowest BCUT2D eigenvalue weighted by atomic mass is 9.86. The first kappa shape index (κ1) is 23.8. The molecule has 0 amide bonds. The molecule has 2 saturated carbocycles. The first-order valence-corrected chi connectivity index (χ1v) is 13.7. The van der Waals surface area contributed by atoms with Gasteiger partial charge >= 0.3 is 0 Å². The number of hydrogen-bond donors (Lipinski definition) is 3. The molecule has 5 rings (SSSR count). The summed E-state index contributed by atoms with van der Waals surface area (Å²) in [5, 5.41) is 18.3. The molecule has 6 nitrogen and oxygen atoms in total. The predicted octanol–water partition coefficient (Wildman–Crippen LogP) is 6.61. The van der Waals surface area contributed by atoms with Crippen LogP contribution in [0.25, 0.3) is 20.8 Å². The summed E-state index contributed by atoms with van der Waals surface area (Å²) in [6.07, 6.45) is 8.42. The molecule has 8 heteroatoms. The van der Waals surface area contributed by atoms with E-state index in [9.17, 15) is 5.11 Å². The topological polar surface area (TPSA) is 83.0 Å². The fourth-order valence-corrected chi connectivity index (χ4v) is 6.91. The fourth-order valence-electron chi connectivity index (χ4n) is 5.58. The molecule has 2 heterocycles. The van der Waals surface area contributed by atoms with Gasteiger partial charge in [0, 0.05) is 18.7 Å². The molecule has 2 fully saturated rings. The Hall–Kier alpha value is -1.96. The number of halogens is 1. The van der Waals surface area contributed by atoms with Crippen LogP contribution in [-0.4, -0.2) is 38.7 Å². The minimum absolute atomic E-state index is 0.197. The van der Waals surface area contributed by atoms with Crippen LogP contribution in [0.15, 0.2) is 24.3 Å². The van der Waals surface area contributed by atoms with E-state index in [4.69, 9.17) is 21.6 Å². The van der Waals surface area contributed by atoms with Crippen molar-refractivity contribution in [3.63, 3.8) is 0 Å². The van der Waals surface area contributed by atoms with Crippen LogP contribution in [0.1, 0.15) is 58.8 Å². The number of anilines is 2. The molecule has 3 unspecified atom stereocenters. The highest BCUT2D eigenvalue weighted by atomic mass is 35.5. The summed E-state index contributed by atoms with van der Waals surface area (Å²) in [7, 11) is 0. The number of nitrogens with zero attached hydrogens (tertiary/aromatic N) is 3. The number of benzene rings is 1. The second-order valence-electron chi connectivity index (χ2n) is 10.2. The van der Waals surface area contributed by atoms with Crippen molar-refractivity contribution in [3.8, 4) is 10.6 Å². The van der Waals surface area contributed by atoms with Gasteiger partial charge in [-0.1, -0.05) is 49.9 Å². The number of rotatable bonds is 7. The Labute approximate surface area is 210 Å². The number of para-hydroxylation sites is 1. The maximum Gasteiger partial charge on any atom is 0.226 e. The molecule has 2 aliphatic carbocycles. The van der Waals surface area contributed by atoms with E-state index in [1.165, 1.54) is 32.1 Å². The van der Waals surface area contributed by atoms with E-state index in [0.717, 1.165) is 46.0 Å². The van der Waals surface area contributed by atoms with E-state index in [0.29, 0.717) is 22.9 Å². The number of aliphatic hydroxyl groups excluding tert-OH is 1. The summed E-state index contributed by atoms with van der Waals surface area (Å²) in [6, 6.07) is 8.11. The lowest BCUT2D eigenvalue weighted by Crippen LogP contribution is -2.40. The van der Waals surface area contributed by atoms with E-state index in [-0.39, 0.29) is 18.1 Å². The SMILES string of the molecule is CC1C(CO)CCC1(C)Nc1nc(NCC2CCCCC2)nc(Cl)c1-c1nc2ccccc2s1. The van der Waals surface area contributed by atoms with E-state index in [1.807, 2.05) is 18.2 Å². The molecule has 0 spiro atoms. The van der Waals surface area contributed by atoms with Crippen molar-refractivity contribution in [2.75, 3.05) is 23.8 Å². The molecule has 3 aromatic rings. The zero-order valence-corrected chi connectivity index (χ0v) is 21.6. The van der Waals surface area contributed by atoms with Gasteiger partial charge in [-0.2, -0.15) is 4.98 Å². The highest BCUT2D eigenvalue weighted by Gasteiger charge is 2.43. The third-order valence-corrected chi connectivity index (χ3v) is 9.36. The van der Waals surface area contributed by atoms with Crippen molar-refractivity contribution < 1.29 is 5.11 Å². The standard InChI is InChI=1S/C26H34ClN5OS/c1-16-18(15-33)12-13-26(16,2)32-23-21(24-29-19-10-6-7-11-20(19)34-24)22(27)30-25(31-23)28-14-17-8-4-3-5-9-17/h6-7,10-11,16-18,33H,3-5,8-9,12-15H2,1-2H3,(H2,28,30,31,32). The Kier molecular flexibility index (Phi) is 6.96. The molecule has 3 atom stereocenters. The van der Waals surface area contributed by atoms with Gasteiger partial charge in [-0.05, 0) is 62.5 Å². The van der Waals surface area contributed by atoms with Crippen molar-refractivity contribution in [3.05, 3.63) is 29.4 Å². The smallest absolute Gasteiger partial charge is 0.226 e. The van der Waals surface area contributed by atoms with Gasteiger partial charge < -0.3 is 15.7 Å². The third kappa shape index (κ3) is 4.75. The lowest BCUT2D eigenvalue weighted by molar-refractivity contribution is 0.187. The normalized spacial score (nSPS) is 25.6. The van der Waals surface area contributed by atoms with E-state index in [2.05, 4.69) is 35.5 Å². The molecule has 2 aromatic heterocycles. The van der Waals surface area contributed by atoms with Crippen molar-refractivity contribution >= 4 is 44.9 Å². The van der Waals surface area contributed by atoms with Crippen LogP contribution in [0.3, 0.4) is 0 Å². The summed E-state index contributed by atoms with van der Waals surface area (Å²) in [5.74, 6) is 2.53. The predicted molar refractivity (Wildman–Crippen MR) is 142 cm³/mol. The van der Waals surface area contributed by atoms with Crippen LogP contribution < -0.4 is 10.6 Å². The Morgan fingerprint density at radius 1 is 1.12 bits per heavy atom. The molecule has 3 N–H and O–H groups in total. The van der Waals surface area contributed by atoms with Crippen molar-refractivity contribution in [2.45, 2.75) is 64.3 Å². The first-order chi connectivity index (χ1) is 16.5. The number of aliphatic hydroxyl groups is 1. The van der Waals surface area contributed by atoms with E-state index < -0.39 is 0 Å². The second-order valence-corrected chi connectivity index (χ2v) is 11.6. The Bertz CT molecular complexity index is 1110. The third-order valence-electron chi connectivity index (χ3n) is 8.03. The molecule has 1 aromatic carbocycles. The largest absolute Gasteiger partial charge is 0.396 e. The molecule has 34 heavy (non-hydrogen) atoms. The summed E-state index contributed by atoms with van der Waals surface area (Å²) in [6.45, 7) is 5.52. The van der Waals surface area contributed by atoms with Gasteiger partial charge in [0.1, 0.15) is 16.0 Å². The van der Waals surface area contributed by atoms with Gasteiger partial charge in [0.2, 0.25) is 5.95 Å². The first-order valence-electron chi connectivity index (χ1n) is 12.5. The maximum atomic E-state index is 9.84. The van der Waals surface area contributed by atoms with Crippen molar-refractivity contribution in [1.29, 1.82) is 0 Å². The minimum atomic E-state index is -0.197. The number of hydrogen-bond acceptors (Lipinski definition) is 7. The molecule has 0 radical (unpaired) electrons. The van der Waals surface area contributed by atoms with Crippen LogP contribution in [0, 0.1) is 17.8 Å². The summed E-state index contributed by atoms with van der Waals surface area (Å²) >= 11 is 8.44. The lowest BCUT2D eigenvalue weighted by Gasteiger charge is -2.33. The van der Waals surface area contributed by atoms with Crippen molar-refractivity contribution in [1.82, 2.24) is 15.0 Å². The fraction of sp³-hybridized carbons (Fsp3) is 0.577. The van der Waals surface area contributed by atoms with Crippen LogP contribution in [0.4, 0.5) is 11.8 Å². The zero-order valence-electron chi connectivity index (χ0n) is 20.0. The van der Waals surface area contributed by atoms with Gasteiger partial charge in [-0.3, -0.25) is 0 Å². The second kappa shape index (κ2) is 9.96. The molecular weight excluding hydrogens is 466 g/mol. The molecule has 0 aliphatic heterocycles. The van der Waals surface area contributed by atoms with Crippen LogP contribution in [0.5, 0.6) is 0 Å². The molecule has 0 saturated heterocycles. The number of aromatic nitrogens is 3. The summed E-state index contributed by atoms with van der Waals surface area (Å²) < 4.78 is 1.11. The quantitative estimate of drug-likeness (QED) is 0.317. The van der Waals surface area contributed by atoms with Gasteiger partial charge in [-0.25, -0.2) is 9.97 Å². The number of thiazole rings is 1. The van der Waals surface area contributed by atoms with Crippen LogP contribution in [-0.2, 0) is 0 Å². The number of nitrogens with one attached hydrogen (secondary N) is 2. The Morgan fingerprint density at radius 3 is 2.65 bits per heavy atom. The number of fused-ring (bicyclic) bond motifs is 1. The van der Waals surface area contributed by atoms with Gasteiger partial charge in [-0.15, -0.1) is 11.3 Å². The molecule has 0 bridgehead atoms. The van der Waals surface area contributed by atoms with Gasteiger partial charge in [0.25, 0.3) is 0 Å². The van der Waals surface area contributed by atoms with Crippen molar-refractivity contribution in [2.24, 2.45) is 17.8 Å². The summed E-state index contributed by atoms with van der Waals surface area (Å²) in [4.78, 5) is 14.4. The summed E-state index contributed by atoms with van der Waals surface area (Å²) in [5.41, 5.74) is 1.51. The molecular formula is C26H34ClN5OS. The molecule has 182 valence electrons. The maximum absolute atomic E-state index is 9.84.